The van der Waals surface area contributed by atoms with Crippen LogP contribution in [0.2, 0.25) is 0 Å². The first-order valence-corrected chi connectivity index (χ1v) is 13.3. The molecule has 0 aliphatic rings. The molecule has 38 heavy (non-hydrogen) atoms. The average Bonchev–Trinajstić information content (AvgIpc) is 3.17. The zero-order chi connectivity index (χ0) is 28.3. The summed E-state index contributed by atoms with van der Waals surface area (Å²) in [4.78, 5) is 23.1. The Balaban J connectivity index is 2.20. The van der Waals surface area contributed by atoms with Crippen molar-refractivity contribution in [3.63, 3.8) is 0 Å². The molecule has 204 valence electrons. The van der Waals surface area contributed by atoms with E-state index in [9.17, 15) is 23.3 Å². The molecular formula is C25H31N5O7S. The second kappa shape index (κ2) is 11.2. The minimum absolute atomic E-state index is 0.0675. The lowest BCUT2D eigenvalue weighted by molar-refractivity contribution is -0.385. The number of rotatable bonds is 10. The highest BCUT2D eigenvalue weighted by atomic mass is 32.2. The number of nitro groups is 1. The van der Waals surface area contributed by atoms with Crippen molar-refractivity contribution in [3.8, 4) is 23.1 Å². The summed E-state index contributed by atoms with van der Waals surface area (Å²) in [6, 6.07) is 10.1. The zero-order valence-electron chi connectivity index (χ0n) is 22.1. The lowest BCUT2D eigenvalue weighted by Crippen LogP contribution is -2.40. The van der Waals surface area contributed by atoms with Crippen LogP contribution in [0, 0.1) is 17.0 Å². The van der Waals surface area contributed by atoms with Gasteiger partial charge in [0.2, 0.25) is 15.9 Å². The fourth-order valence-corrected chi connectivity index (χ4v) is 5.07. The van der Waals surface area contributed by atoms with Gasteiger partial charge in [-0.15, -0.1) is 0 Å². The highest BCUT2D eigenvalue weighted by molar-refractivity contribution is 7.89. The number of aromatic nitrogens is 2. The standard InChI is InChI=1S/C25H31N5O7S/c1-7-14-26-23(31)22-16(2)24(29(27-22)17-8-11-19(36-6)12-9-17)37-20-13-10-18(30(32)33)15-21(20)38(34,35)28-25(3,4)5/h8-13,15,28H,7,14H2,1-6H3,(H,26,31). The van der Waals surface area contributed by atoms with Gasteiger partial charge in [0, 0.05) is 29.8 Å². The molecule has 1 aromatic heterocycles. The van der Waals surface area contributed by atoms with E-state index < -0.39 is 37.0 Å². The van der Waals surface area contributed by atoms with E-state index in [4.69, 9.17) is 9.47 Å². The normalized spacial score (nSPS) is 11.7. The number of nitrogens with one attached hydrogen (secondary N) is 2. The second-order valence-electron chi connectivity index (χ2n) is 9.49. The number of ether oxygens (including phenoxy) is 2. The molecule has 0 radical (unpaired) electrons. The quantitative estimate of drug-likeness (QED) is 0.285. The molecule has 2 aromatic carbocycles. The number of hydrogen-bond acceptors (Lipinski definition) is 8. The maximum atomic E-state index is 13.3. The summed E-state index contributed by atoms with van der Waals surface area (Å²) in [5, 5.41) is 18.6. The van der Waals surface area contributed by atoms with Crippen LogP contribution in [-0.2, 0) is 10.0 Å². The van der Waals surface area contributed by atoms with E-state index in [0.717, 1.165) is 18.6 Å². The van der Waals surface area contributed by atoms with Gasteiger partial charge in [-0.1, -0.05) is 6.92 Å². The predicted molar refractivity (Wildman–Crippen MR) is 141 cm³/mol. The molecule has 0 unspecified atom stereocenters. The van der Waals surface area contributed by atoms with E-state index in [2.05, 4.69) is 15.1 Å². The first-order valence-electron chi connectivity index (χ1n) is 11.8. The molecule has 0 aliphatic heterocycles. The van der Waals surface area contributed by atoms with E-state index >= 15 is 0 Å². The van der Waals surface area contributed by atoms with E-state index in [-0.39, 0.29) is 17.3 Å². The van der Waals surface area contributed by atoms with Crippen LogP contribution in [0.25, 0.3) is 5.69 Å². The predicted octanol–water partition coefficient (Wildman–Crippen LogP) is 4.11. The highest BCUT2D eigenvalue weighted by Crippen LogP contribution is 2.36. The van der Waals surface area contributed by atoms with Crippen LogP contribution in [0.5, 0.6) is 17.4 Å². The number of methoxy groups -OCH3 is 1. The molecule has 2 N–H and O–H groups in total. The van der Waals surface area contributed by atoms with Gasteiger partial charge in [0.05, 0.1) is 17.7 Å². The Morgan fingerprint density at radius 3 is 2.37 bits per heavy atom. The van der Waals surface area contributed by atoms with Crippen LogP contribution in [0.4, 0.5) is 5.69 Å². The highest BCUT2D eigenvalue weighted by Gasteiger charge is 2.30. The van der Waals surface area contributed by atoms with E-state index in [0.29, 0.717) is 23.5 Å². The number of nitro benzene ring substituents is 1. The Morgan fingerprint density at radius 1 is 1.16 bits per heavy atom. The molecule has 0 bridgehead atoms. The third-order valence-corrected chi connectivity index (χ3v) is 6.99. The van der Waals surface area contributed by atoms with Gasteiger partial charge >= 0.3 is 0 Å². The Kier molecular flexibility index (Phi) is 8.42. The summed E-state index contributed by atoms with van der Waals surface area (Å²) in [6.45, 7) is 8.91. The van der Waals surface area contributed by atoms with Gasteiger partial charge in [-0.05, 0) is 64.4 Å². The maximum absolute atomic E-state index is 13.3. The molecule has 1 heterocycles. The van der Waals surface area contributed by atoms with E-state index in [1.165, 1.54) is 17.9 Å². The van der Waals surface area contributed by atoms with Crippen LogP contribution in [0.1, 0.15) is 50.2 Å². The number of carbonyl (C=O) groups excluding carboxylic acids is 1. The van der Waals surface area contributed by atoms with Gasteiger partial charge in [-0.3, -0.25) is 14.9 Å². The van der Waals surface area contributed by atoms with Crippen LogP contribution in [-0.4, -0.2) is 48.2 Å². The average molecular weight is 546 g/mol. The molecular weight excluding hydrogens is 514 g/mol. The molecule has 12 nitrogen and oxygen atoms in total. The first-order chi connectivity index (χ1) is 17.8. The number of amides is 1. The Labute approximate surface area is 221 Å². The Hall–Kier alpha value is -3.97. The minimum atomic E-state index is -4.25. The van der Waals surface area contributed by atoms with Crippen LogP contribution < -0.4 is 19.5 Å². The monoisotopic (exact) mass is 545 g/mol. The van der Waals surface area contributed by atoms with Gasteiger partial charge in [0.1, 0.15) is 16.4 Å². The van der Waals surface area contributed by atoms with Gasteiger partial charge < -0.3 is 14.8 Å². The first kappa shape index (κ1) is 28.6. The topological polar surface area (TPSA) is 155 Å². The zero-order valence-corrected chi connectivity index (χ0v) is 22.9. The van der Waals surface area contributed by atoms with Crippen molar-refractivity contribution in [2.24, 2.45) is 0 Å². The van der Waals surface area contributed by atoms with Crippen molar-refractivity contribution in [3.05, 3.63) is 63.8 Å². The summed E-state index contributed by atoms with van der Waals surface area (Å²) in [5.74, 6) is 0.0638. The lowest BCUT2D eigenvalue weighted by Gasteiger charge is -2.21. The number of non-ortho nitro benzene ring substituents is 1. The molecule has 3 aromatic rings. The van der Waals surface area contributed by atoms with Crippen molar-refractivity contribution < 1.29 is 27.6 Å². The van der Waals surface area contributed by atoms with Gasteiger partial charge in [-0.25, -0.2) is 13.1 Å². The third-order valence-electron chi connectivity index (χ3n) is 5.21. The number of nitrogens with zero attached hydrogens (tertiary/aromatic N) is 3. The second-order valence-corrected chi connectivity index (χ2v) is 11.1. The molecule has 13 heteroatoms. The number of hydrogen-bond donors (Lipinski definition) is 2. The number of carbonyl (C=O) groups is 1. The van der Waals surface area contributed by atoms with Gasteiger partial charge in [0.25, 0.3) is 11.6 Å². The molecule has 0 saturated carbocycles. The molecule has 1 amide bonds. The van der Waals surface area contributed by atoms with E-state index in [1.54, 1.807) is 52.0 Å². The molecule has 0 aliphatic carbocycles. The summed E-state index contributed by atoms with van der Waals surface area (Å²) in [5.41, 5.74) is -0.348. The van der Waals surface area contributed by atoms with E-state index in [1.807, 2.05) is 6.92 Å². The molecule has 0 saturated heterocycles. The van der Waals surface area contributed by atoms with Crippen molar-refractivity contribution in [2.45, 2.75) is 51.5 Å². The summed E-state index contributed by atoms with van der Waals surface area (Å²) in [6.07, 6.45) is 0.720. The van der Waals surface area contributed by atoms with Crippen LogP contribution in [0.3, 0.4) is 0 Å². The smallest absolute Gasteiger partial charge is 0.272 e. The summed E-state index contributed by atoms with van der Waals surface area (Å²) >= 11 is 0. The van der Waals surface area contributed by atoms with Crippen LogP contribution in [0.15, 0.2) is 47.4 Å². The number of sulfonamides is 1. The molecule has 0 spiro atoms. The molecule has 0 fully saturated rings. The molecule has 3 rings (SSSR count). The summed E-state index contributed by atoms with van der Waals surface area (Å²) < 4.78 is 41.7. The minimum Gasteiger partial charge on any atom is -0.497 e. The maximum Gasteiger partial charge on any atom is 0.272 e. The van der Waals surface area contributed by atoms with Gasteiger partial charge in [0.15, 0.2) is 5.69 Å². The van der Waals surface area contributed by atoms with Crippen molar-refractivity contribution in [1.82, 2.24) is 19.8 Å². The summed E-state index contributed by atoms with van der Waals surface area (Å²) in [7, 11) is -2.72. The van der Waals surface area contributed by atoms with Crippen molar-refractivity contribution in [1.29, 1.82) is 0 Å². The van der Waals surface area contributed by atoms with Crippen LogP contribution >= 0.6 is 0 Å². The van der Waals surface area contributed by atoms with Crippen molar-refractivity contribution in [2.75, 3.05) is 13.7 Å². The third kappa shape index (κ3) is 6.47. The SMILES string of the molecule is CCCNC(=O)c1nn(-c2ccc(OC)cc2)c(Oc2ccc([N+](=O)[O-])cc2S(=O)(=O)NC(C)(C)C)c1C. The Bertz CT molecular complexity index is 1440. The molecule has 0 atom stereocenters. The fraction of sp³-hybridized carbons (Fsp3) is 0.360. The van der Waals surface area contributed by atoms with Gasteiger partial charge in [-0.2, -0.15) is 9.78 Å². The Morgan fingerprint density at radius 2 is 1.82 bits per heavy atom. The largest absolute Gasteiger partial charge is 0.497 e. The number of benzene rings is 2. The fourth-order valence-electron chi connectivity index (χ4n) is 3.50. The van der Waals surface area contributed by atoms with Crippen molar-refractivity contribution >= 4 is 21.6 Å². The lowest BCUT2D eigenvalue weighted by atomic mass is 10.1.